The first-order chi connectivity index (χ1) is 8.65. The first-order valence-electron chi connectivity index (χ1n) is 6.90. The lowest BCUT2D eigenvalue weighted by atomic mass is 10.1. The van der Waals surface area contributed by atoms with Crippen LogP contribution in [0.3, 0.4) is 0 Å². The molecule has 0 aromatic carbocycles. The van der Waals surface area contributed by atoms with Gasteiger partial charge in [0.05, 0.1) is 18.8 Å². The number of amides is 1. The molecule has 0 rings (SSSR count). The highest BCUT2D eigenvalue weighted by Crippen LogP contribution is 2.02. The third-order valence-electron chi connectivity index (χ3n) is 2.75. The molecule has 0 aliphatic rings. The summed E-state index contributed by atoms with van der Waals surface area (Å²) in [6.07, 6.45) is 7.98. The molecule has 0 radical (unpaired) electrons. The minimum Gasteiger partial charge on any atom is -0.394 e. The highest BCUT2D eigenvalue weighted by Gasteiger charge is 2.17. The zero-order valence-corrected chi connectivity index (χ0v) is 11.6. The van der Waals surface area contributed by atoms with Gasteiger partial charge in [0.1, 0.15) is 0 Å². The van der Waals surface area contributed by atoms with Crippen molar-refractivity contribution in [1.29, 1.82) is 0 Å². The molecule has 106 valence electrons. The molecule has 0 heterocycles. The van der Waals surface area contributed by atoms with Crippen LogP contribution in [0.15, 0.2) is 12.2 Å². The van der Waals surface area contributed by atoms with Crippen molar-refractivity contribution >= 4 is 5.91 Å². The molecule has 0 bridgehead atoms. The van der Waals surface area contributed by atoms with Crippen LogP contribution in [0.4, 0.5) is 0 Å². The zero-order valence-electron chi connectivity index (χ0n) is 11.6. The van der Waals surface area contributed by atoms with Crippen LogP contribution in [0.1, 0.15) is 52.4 Å². The summed E-state index contributed by atoms with van der Waals surface area (Å²) >= 11 is 0. The largest absolute Gasteiger partial charge is 0.394 e. The standard InChI is InChI=1S/C14H27NO3/c1-3-5-7-9-13(17)12(11-16)15-14(18)10-8-6-4-2/h7,9,12-13,16-17H,3-6,8,10-11H2,1-2H3,(H,15,18)/b9-7+/t12-,13+/m0/s1. The van der Waals surface area contributed by atoms with Crippen molar-refractivity contribution in [1.82, 2.24) is 5.32 Å². The fourth-order valence-electron chi connectivity index (χ4n) is 1.59. The fraction of sp³-hybridized carbons (Fsp3) is 0.786. The first-order valence-corrected chi connectivity index (χ1v) is 6.90. The summed E-state index contributed by atoms with van der Waals surface area (Å²) in [5.41, 5.74) is 0. The molecule has 0 unspecified atom stereocenters. The molecule has 4 nitrogen and oxygen atoms in total. The molecule has 2 atom stereocenters. The summed E-state index contributed by atoms with van der Waals surface area (Å²) < 4.78 is 0. The minimum absolute atomic E-state index is 0.106. The quantitative estimate of drug-likeness (QED) is 0.412. The van der Waals surface area contributed by atoms with Gasteiger partial charge in [0, 0.05) is 6.42 Å². The second-order valence-corrected chi connectivity index (χ2v) is 4.52. The Morgan fingerprint density at radius 1 is 1.28 bits per heavy atom. The smallest absolute Gasteiger partial charge is 0.220 e. The molecule has 0 fully saturated rings. The molecular weight excluding hydrogens is 230 g/mol. The summed E-state index contributed by atoms with van der Waals surface area (Å²) in [5, 5.41) is 21.6. The average Bonchev–Trinajstić information content (AvgIpc) is 2.36. The highest BCUT2D eigenvalue weighted by molar-refractivity contribution is 5.76. The monoisotopic (exact) mass is 257 g/mol. The van der Waals surface area contributed by atoms with Gasteiger partial charge < -0.3 is 15.5 Å². The Balaban J connectivity index is 4.03. The SMILES string of the molecule is CCC/C=C/[C@@H](O)[C@H](CO)NC(=O)CCCCC. The van der Waals surface area contributed by atoms with E-state index in [1.165, 1.54) is 0 Å². The number of rotatable bonds is 10. The summed E-state index contributed by atoms with van der Waals surface area (Å²) in [5.74, 6) is -0.106. The van der Waals surface area contributed by atoms with Crippen molar-refractivity contribution in [2.24, 2.45) is 0 Å². The number of nitrogens with one attached hydrogen (secondary N) is 1. The fourth-order valence-corrected chi connectivity index (χ4v) is 1.59. The number of carbonyl (C=O) groups is 1. The molecule has 0 aliphatic carbocycles. The van der Waals surface area contributed by atoms with Gasteiger partial charge in [-0.05, 0) is 12.8 Å². The predicted molar refractivity (Wildman–Crippen MR) is 73.2 cm³/mol. The van der Waals surface area contributed by atoms with E-state index in [0.29, 0.717) is 6.42 Å². The average molecular weight is 257 g/mol. The molecule has 3 N–H and O–H groups in total. The molecule has 0 spiro atoms. The number of allylic oxidation sites excluding steroid dienone is 1. The topological polar surface area (TPSA) is 69.6 Å². The van der Waals surface area contributed by atoms with Crippen molar-refractivity contribution in [3.63, 3.8) is 0 Å². The number of aliphatic hydroxyl groups excluding tert-OH is 2. The maximum atomic E-state index is 11.6. The van der Waals surface area contributed by atoms with Crippen molar-refractivity contribution in [2.45, 2.75) is 64.5 Å². The van der Waals surface area contributed by atoms with E-state index in [2.05, 4.69) is 19.2 Å². The van der Waals surface area contributed by atoms with E-state index in [9.17, 15) is 9.90 Å². The van der Waals surface area contributed by atoms with E-state index in [1.807, 2.05) is 6.08 Å². The molecule has 0 aromatic heterocycles. The van der Waals surface area contributed by atoms with E-state index < -0.39 is 12.1 Å². The Bertz CT molecular complexity index is 241. The third kappa shape index (κ3) is 8.25. The van der Waals surface area contributed by atoms with E-state index in [1.54, 1.807) is 6.08 Å². The van der Waals surface area contributed by atoms with Crippen LogP contribution in [0.5, 0.6) is 0 Å². The second-order valence-electron chi connectivity index (χ2n) is 4.52. The van der Waals surface area contributed by atoms with Crippen molar-refractivity contribution in [2.75, 3.05) is 6.61 Å². The third-order valence-corrected chi connectivity index (χ3v) is 2.75. The number of unbranched alkanes of at least 4 members (excludes halogenated alkanes) is 3. The predicted octanol–water partition coefficient (Wildman–Crippen LogP) is 1.76. The summed E-state index contributed by atoms with van der Waals surface area (Å²) in [7, 11) is 0. The van der Waals surface area contributed by atoms with Crippen LogP contribution in [0, 0.1) is 0 Å². The Hall–Kier alpha value is -0.870. The summed E-state index contributed by atoms with van der Waals surface area (Å²) in [6, 6.07) is -0.604. The molecule has 0 aliphatic heterocycles. The Kier molecular flexibility index (Phi) is 10.7. The summed E-state index contributed by atoms with van der Waals surface area (Å²) in [6.45, 7) is 3.88. The lowest BCUT2D eigenvalue weighted by molar-refractivity contribution is -0.123. The lowest BCUT2D eigenvalue weighted by Gasteiger charge is -2.19. The maximum absolute atomic E-state index is 11.6. The van der Waals surface area contributed by atoms with Crippen LogP contribution in [0.25, 0.3) is 0 Å². The lowest BCUT2D eigenvalue weighted by Crippen LogP contribution is -2.45. The molecule has 18 heavy (non-hydrogen) atoms. The summed E-state index contributed by atoms with van der Waals surface area (Å²) in [4.78, 5) is 11.6. The van der Waals surface area contributed by atoms with Crippen LogP contribution in [-0.2, 0) is 4.79 Å². The molecule has 1 amide bonds. The van der Waals surface area contributed by atoms with Gasteiger partial charge in [-0.2, -0.15) is 0 Å². The van der Waals surface area contributed by atoms with Crippen LogP contribution < -0.4 is 5.32 Å². The van der Waals surface area contributed by atoms with E-state index in [4.69, 9.17) is 5.11 Å². The molecule has 4 heteroatoms. The van der Waals surface area contributed by atoms with Crippen LogP contribution in [0.2, 0.25) is 0 Å². The van der Waals surface area contributed by atoms with Crippen molar-refractivity contribution in [3.8, 4) is 0 Å². The minimum atomic E-state index is -0.823. The Morgan fingerprint density at radius 3 is 2.56 bits per heavy atom. The van der Waals surface area contributed by atoms with Gasteiger partial charge in [0.15, 0.2) is 0 Å². The molecule has 0 saturated heterocycles. The van der Waals surface area contributed by atoms with E-state index in [-0.39, 0.29) is 12.5 Å². The van der Waals surface area contributed by atoms with Gasteiger partial charge in [0.25, 0.3) is 0 Å². The van der Waals surface area contributed by atoms with E-state index in [0.717, 1.165) is 32.1 Å². The van der Waals surface area contributed by atoms with Gasteiger partial charge in [-0.3, -0.25) is 4.79 Å². The van der Waals surface area contributed by atoms with Crippen molar-refractivity contribution < 1.29 is 15.0 Å². The van der Waals surface area contributed by atoms with Crippen LogP contribution in [-0.4, -0.2) is 34.9 Å². The molecule has 0 saturated carbocycles. The molecular formula is C14H27NO3. The van der Waals surface area contributed by atoms with Gasteiger partial charge in [-0.25, -0.2) is 0 Å². The number of hydrogen-bond acceptors (Lipinski definition) is 3. The highest BCUT2D eigenvalue weighted by atomic mass is 16.3. The molecule has 0 aromatic rings. The van der Waals surface area contributed by atoms with Gasteiger partial charge >= 0.3 is 0 Å². The Labute approximate surface area is 110 Å². The van der Waals surface area contributed by atoms with E-state index >= 15 is 0 Å². The Morgan fingerprint density at radius 2 is 2.00 bits per heavy atom. The van der Waals surface area contributed by atoms with Gasteiger partial charge in [0.2, 0.25) is 5.91 Å². The normalized spacial score (nSPS) is 14.7. The maximum Gasteiger partial charge on any atom is 0.220 e. The number of hydrogen-bond donors (Lipinski definition) is 3. The number of aliphatic hydroxyl groups is 2. The number of carbonyl (C=O) groups excluding carboxylic acids is 1. The van der Waals surface area contributed by atoms with Gasteiger partial charge in [-0.15, -0.1) is 0 Å². The van der Waals surface area contributed by atoms with Crippen LogP contribution >= 0.6 is 0 Å². The zero-order chi connectivity index (χ0) is 13.8. The second kappa shape index (κ2) is 11.2. The first kappa shape index (κ1) is 17.1. The van der Waals surface area contributed by atoms with Gasteiger partial charge in [-0.1, -0.05) is 45.3 Å². The van der Waals surface area contributed by atoms with Crippen molar-refractivity contribution in [3.05, 3.63) is 12.2 Å².